The number of aryl methyl sites for hydroxylation is 1. The number of rotatable bonds is 7. The third kappa shape index (κ3) is 4.87. The molecular formula is C22H20F3N5O2S. The van der Waals surface area contributed by atoms with Gasteiger partial charge in [0.25, 0.3) is 0 Å². The van der Waals surface area contributed by atoms with Crippen LogP contribution in [0, 0.1) is 0 Å². The Morgan fingerprint density at radius 2 is 1.88 bits per heavy atom. The van der Waals surface area contributed by atoms with Crippen molar-refractivity contribution >= 4 is 11.8 Å². The van der Waals surface area contributed by atoms with Gasteiger partial charge < -0.3 is 9.26 Å². The molecule has 1 atom stereocenters. The highest BCUT2D eigenvalue weighted by molar-refractivity contribution is 7.99. The zero-order valence-corrected chi connectivity index (χ0v) is 18.8. The predicted molar refractivity (Wildman–Crippen MR) is 116 cm³/mol. The number of benzene rings is 2. The molecule has 0 saturated heterocycles. The molecule has 172 valence electrons. The van der Waals surface area contributed by atoms with E-state index < -0.39 is 11.7 Å². The maximum Gasteiger partial charge on any atom is 0.416 e. The summed E-state index contributed by atoms with van der Waals surface area (Å²) in [5.74, 6) is 2.03. The second kappa shape index (κ2) is 9.26. The topological polar surface area (TPSA) is 78.9 Å². The smallest absolute Gasteiger partial charge is 0.416 e. The second-order valence-electron chi connectivity index (χ2n) is 7.08. The van der Waals surface area contributed by atoms with E-state index in [-0.39, 0.29) is 10.9 Å². The van der Waals surface area contributed by atoms with Crippen LogP contribution in [0.1, 0.15) is 36.4 Å². The highest BCUT2D eigenvalue weighted by atomic mass is 32.2. The quantitative estimate of drug-likeness (QED) is 0.315. The molecule has 0 N–H and O–H groups in total. The van der Waals surface area contributed by atoms with Crippen LogP contribution < -0.4 is 4.74 Å². The Hall–Kier alpha value is -3.34. The Labute approximate surface area is 192 Å². The molecule has 0 saturated carbocycles. The first-order chi connectivity index (χ1) is 15.8. The standard InChI is InChI=1S/C22H20F3N5O2S/c1-4-18-26-20(32-29-18)13(2)33-21-28-27-19(14-8-10-17(31-3)11-9-14)30(21)16-7-5-6-15(12-16)22(23,24)25/h5-13H,4H2,1-3H3. The fraction of sp³-hybridized carbons (Fsp3) is 0.273. The van der Waals surface area contributed by atoms with E-state index in [9.17, 15) is 13.2 Å². The molecule has 0 radical (unpaired) electrons. The van der Waals surface area contributed by atoms with Gasteiger partial charge >= 0.3 is 6.18 Å². The van der Waals surface area contributed by atoms with Crippen LogP contribution in [-0.2, 0) is 12.6 Å². The Morgan fingerprint density at radius 1 is 1.12 bits per heavy atom. The Morgan fingerprint density at radius 3 is 2.52 bits per heavy atom. The molecule has 0 aliphatic carbocycles. The monoisotopic (exact) mass is 475 g/mol. The van der Waals surface area contributed by atoms with E-state index in [4.69, 9.17) is 9.26 Å². The lowest BCUT2D eigenvalue weighted by Crippen LogP contribution is -2.07. The van der Waals surface area contributed by atoms with Gasteiger partial charge in [0.1, 0.15) is 5.75 Å². The summed E-state index contributed by atoms with van der Waals surface area (Å²) >= 11 is 1.27. The van der Waals surface area contributed by atoms with Crippen LogP contribution in [0.25, 0.3) is 17.1 Å². The van der Waals surface area contributed by atoms with Gasteiger partial charge in [-0.3, -0.25) is 4.57 Å². The Bertz CT molecular complexity index is 1240. The lowest BCUT2D eigenvalue weighted by atomic mass is 10.1. The number of aromatic nitrogens is 5. The second-order valence-corrected chi connectivity index (χ2v) is 8.39. The van der Waals surface area contributed by atoms with Crippen molar-refractivity contribution in [1.82, 2.24) is 24.9 Å². The number of alkyl halides is 3. The van der Waals surface area contributed by atoms with Gasteiger partial charge in [-0.1, -0.05) is 29.9 Å². The van der Waals surface area contributed by atoms with Gasteiger partial charge in [-0.05, 0) is 49.4 Å². The van der Waals surface area contributed by atoms with Gasteiger partial charge in [-0.15, -0.1) is 10.2 Å². The summed E-state index contributed by atoms with van der Waals surface area (Å²) < 4.78 is 52.3. The Balaban J connectivity index is 1.79. The normalized spacial score (nSPS) is 12.7. The zero-order chi connectivity index (χ0) is 23.6. The summed E-state index contributed by atoms with van der Waals surface area (Å²) in [5.41, 5.74) is 0.198. The van der Waals surface area contributed by atoms with Gasteiger partial charge in [-0.2, -0.15) is 18.2 Å². The number of halogens is 3. The highest BCUT2D eigenvalue weighted by Gasteiger charge is 2.31. The van der Waals surface area contributed by atoms with Crippen LogP contribution in [-0.4, -0.2) is 32.0 Å². The molecule has 4 rings (SSSR count). The number of nitrogens with zero attached hydrogens (tertiary/aromatic N) is 5. The van der Waals surface area contributed by atoms with Crippen molar-refractivity contribution in [3.05, 3.63) is 65.8 Å². The van der Waals surface area contributed by atoms with Gasteiger partial charge in [0.05, 0.1) is 23.6 Å². The average Bonchev–Trinajstić information content (AvgIpc) is 3.46. The zero-order valence-electron chi connectivity index (χ0n) is 18.0. The SMILES string of the molecule is CCc1noc(C(C)Sc2nnc(-c3ccc(OC)cc3)n2-c2cccc(C(F)(F)F)c2)n1. The van der Waals surface area contributed by atoms with Crippen LogP contribution >= 0.6 is 11.8 Å². The van der Waals surface area contributed by atoms with Crippen LogP contribution in [0.15, 0.2) is 58.2 Å². The van der Waals surface area contributed by atoms with Crippen molar-refractivity contribution in [1.29, 1.82) is 0 Å². The third-order valence-corrected chi connectivity index (χ3v) is 5.87. The number of ether oxygens (including phenoxy) is 1. The van der Waals surface area contributed by atoms with Crippen molar-refractivity contribution in [2.45, 2.75) is 36.9 Å². The van der Waals surface area contributed by atoms with Crippen molar-refractivity contribution in [3.8, 4) is 22.8 Å². The molecule has 0 aliphatic rings. The van der Waals surface area contributed by atoms with Gasteiger partial charge in [0.2, 0.25) is 5.89 Å². The largest absolute Gasteiger partial charge is 0.497 e. The average molecular weight is 475 g/mol. The van der Waals surface area contributed by atoms with Gasteiger partial charge in [0, 0.05) is 12.0 Å². The number of methoxy groups -OCH3 is 1. The fourth-order valence-corrected chi connectivity index (χ4v) is 4.01. The van der Waals surface area contributed by atoms with E-state index in [2.05, 4.69) is 20.3 Å². The first kappa shape index (κ1) is 22.8. The third-order valence-electron chi connectivity index (χ3n) is 4.84. The summed E-state index contributed by atoms with van der Waals surface area (Å²) in [5, 5.41) is 12.6. The number of hydrogen-bond acceptors (Lipinski definition) is 7. The minimum absolute atomic E-state index is 0.287. The van der Waals surface area contributed by atoms with Crippen molar-refractivity contribution in [2.75, 3.05) is 7.11 Å². The lowest BCUT2D eigenvalue weighted by molar-refractivity contribution is -0.137. The van der Waals surface area contributed by atoms with E-state index in [1.165, 1.54) is 17.8 Å². The molecule has 7 nitrogen and oxygen atoms in total. The fourth-order valence-electron chi connectivity index (χ4n) is 3.11. The number of thioether (sulfide) groups is 1. The summed E-state index contributed by atoms with van der Waals surface area (Å²) in [6.45, 7) is 3.77. The summed E-state index contributed by atoms with van der Waals surface area (Å²) in [7, 11) is 1.55. The lowest BCUT2D eigenvalue weighted by Gasteiger charge is -2.14. The van der Waals surface area contributed by atoms with E-state index in [0.717, 1.165) is 12.1 Å². The summed E-state index contributed by atoms with van der Waals surface area (Å²) in [6.07, 6.45) is -3.85. The van der Waals surface area contributed by atoms with E-state index in [1.807, 2.05) is 13.8 Å². The Kier molecular flexibility index (Phi) is 6.41. The van der Waals surface area contributed by atoms with Gasteiger partial charge in [-0.25, -0.2) is 0 Å². The molecule has 0 aliphatic heterocycles. The molecule has 0 amide bonds. The molecule has 4 aromatic rings. The molecule has 2 aromatic heterocycles. The van der Waals surface area contributed by atoms with Crippen LogP contribution in [0.2, 0.25) is 0 Å². The molecule has 2 aromatic carbocycles. The van der Waals surface area contributed by atoms with Crippen LogP contribution in [0.4, 0.5) is 13.2 Å². The molecular weight excluding hydrogens is 455 g/mol. The van der Waals surface area contributed by atoms with E-state index in [1.54, 1.807) is 42.0 Å². The van der Waals surface area contributed by atoms with Crippen molar-refractivity contribution in [3.63, 3.8) is 0 Å². The summed E-state index contributed by atoms with van der Waals surface area (Å²) in [4.78, 5) is 4.34. The molecule has 33 heavy (non-hydrogen) atoms. The first-order valence-electron chi connectivity index (χ1n) is 10.1. The molecule has 0 bridgehead atoms. The van der Waals surface area contributed by atoms with Crippen molar-refractivity contribution in [2.24, 2.45) is 0 Å². The minimum Gasteiger partial charge on any atom is -0.497 e. The van der Waals surface area contributed by atoms with E-state index >= 15 is 0 Å². The predicted octanol–water partition coefficient (Wildman–Crippen LogP) is 5.76. The highest BCUT2D eigenvalue weighted by Crippen LogP contribution is 2.38. The maximum atomic E-state index is 13.4. The maximum absolute atomic E-state index is 13.4. The molecule has 2 heterocycles. The molecule has 1 unspecified atom stereocenters. The number of hydrogen-bond donors (Lipinski definition) is 0. The minimum atomic E-state index is -4.48. The van der Waals surface area contributed by atoms with Crippen LogP contribution in [0.5, 0.6) is 5.75 Å². The first-order valence-corrected chi connectivity index (χ1v) is 10.9. The molecule has 11 heteroatoms. The molecule has 0 fully saturated rings. The van der Waals surface area contributed by atoms with E-state index in [0.29, 0.717) is 40.4 Å². The van der Waals surface area contributed by atoms with Crippen LogP contribution in [0.3, 0.4) is 0 Å². The molecule has 0 spiro atoms. The van der Waals surface area contributed by atoms with Crippen molar-refractivity contribution < 1.29 is 22.4 Å². The summed E-state index contributed by atoms with van der Waals surface area (Å²) in [6, 6.07) is 12.1. The van der Waals surface area contributed by atoms with Gasteiger partial charge in [0.15, 0.2) is 16.8 Å².